The van der Waals surface area contributed by atoms with Gasteiger partial charge < -0.3 is 5.11 Å². The summed E-state index contributed by atoms with van der Waals surface area (Å²) in [6, 6.07) is 5.88. The van der Waals surface area contributed by atoms with E-state index in [2.05, 4.69) is 37.6 Å². The first-order valence-corrected chi connectivity index (χ1v) is 7.47. The van der Waals surface area contributed by atoms with E-state index < -0.39 is 0 Å². The first-order chi connectivity index (χ1) is 9.14. The topological polar surface area (TPSA) is 36.4 Å². The minimum absolute atomic E-state index is 0.138. The monoisotopic (exact) mass is 264 g/mol. The van der Waals surface area contributed by atoms with Gasteiger partial charge in [0.2, 0.25) is 0 Å². The Hall–Kier alpha value is -0.930. The van der Waals surface area contributed by atoms with Gasteiger partial charge in [-0.25, -0.2) is 0 Å². The standard InChI is InChI=1S/C16H28N2O/c1-5-16(6-2,18(7-3)8-4)15(19)13-14-11-9-10-12-17-14/h9-12,15,19H,5-8,13H2,1-4H3. The summed E-state index contributed by atoms with van der Waals surface area (Å²) < 4.78 is 0. The van der Waals surface area contributed by atoms with Crippen LogP contribution in [0.5, 0.6) is 0 Å². The number of aliphatic hydroxyl groups excluding tert-OH is 1. The summed E-state index contributed by atoms with van der Waals surface area (Å²) in [7, 11) is 0. The molecule has 19 heavy (non-hydrogen) atoms. The third kappa shape index (κ3) is 3.54. The van der Waals surface area contributed by atoms with Crippen LogP contribution in [0.2, 0.25) is 0 Å². The molecular formula is C16H28N2O. The Labute approximate surface area is 117 Å². The second-order valence-corrected chi connectivity index (χ2v) is 5.02. The number of rotatable bonds is 8. The largest absolute Gasteiger partial charge is 0.391 e. The maximum atomic E-state index is 10.8. The molecule has 1 unspecified atom stereocenters. The van der Waals surface area contributed by atoms with Crippen molar-refractivity contribution in [1.29, 1.82) is 0 Å². The van der Waals surface area contributed by atoms with Crippen LogP contribution in [0.1, 0.15) is 46.2 Å². The minimum Gasteiger partial charge on any atom is -0.391 e. The van der Waals surface area contributed by atoms with Crippen molar-refractivity contribution in [1.82, 2.24) is 9.88 Å². The van der Waals surface area contributed by atoms with Gasteiger partial charge in [0.15, 0.2) is 0 Å². The molecule has 1 heterocycles. The third-order valence-electron chi connectivity index (χ3n) is 4.37. The molecule has 0 aliphatic carbocycles. The van der Waals surface area contributed by atoms with Crippen molar-refractivity contribution < 1.29 is 5.11 Å². The van der Waals surface area contributed by atoms with E-state index in [1.54, 1.807) is 6.20 Å². The molecule has 0 aromatic carbocycles. The molecule has 0 fully saturated rings. The predicted molar refractivity (Wildman–Crippen MR) is 80.2 cm³/mol. The second-order valence-electron chi connectivity index (χ2n) is 5.02. The Bertz CT molecular complexity index is 345. The van der Waals surface area contributed by atoms with Gasteiger partial charge in [0.25, 0.3) is 0 Å². The van der Waals surface area contributed by atoms with Crippen molar-refractivity contribution >= 4 is 0 Å². The Morgan fingerprint density at radius 1 is 1.16 bits per heavy atom. The van der Waals surface area contributed by atoms with Crippen molar-refractivity contribution in [3.05, 3.63) is 30.1 Å². The summed E-state index contributed by atoms with van der Waals surface area (Å²) in [5, 5.41) is 10.8. The fourth-order valence-electron chi connectivity index (χ4n) is 3.14. The molecule has 0 aliphatic rings. The summed E-state index contributed by atoms with van der Waals surface area (Å²) in [5.74, 6) is 0. The van der Waals surface area contributed by atoms with Crippen molar-refractivity contribution in [3.63, 3.8) is 0 Å². The van der Waals surface area contributed by atoms with Crippen LogP contribution in [-0.2, 0) is 6.42 Å². The molecule has 1 N–H and O–H groups in total. The molecular weight excluding hydrogens is 236 g/mol. The SMILES string of the molecule is CCN(CC)C(CC)(CC)C(O)Cc1ccccn1. The highest BCUT2D eigenvalue weighted by molar-refractivity contribution is 5.08. The van der Waals surface area contributed by atoms with E-state index in [-0.39, 0.29) is 11.6 Å². The average molecular weight is 264 g/mol. The average Bonchev–Trinajstić information content (AvgIpc) is 2.45. The molecule has 0 saturated heterocycles. The third-order valence-corrected chi connectivity index (χ3v) is 4.37. The van der Waals surface area contributed by atoms with Crippen LogP contribution >= 0.6 is 0 Å². The van der Waals surface area contributed by atoms with Gasteiger partial charge in [-0.3, -0.25) is 9.88 Å². The van der Waals surface area contributed by atoms with E-state index in [4.69, 9.17) is 0 Å². The molecule has 1 aromatic heterocycles. The number of aromatic nitrogens is 1. The summed E-state index contributed by atoms with van der Waals surface area (Å²) in [5.41, 5.74) is 0.828. The van der Waals surface area contributed by atoms with Crippen LogP contribution in [0, 0.1) is 0 Å². The van der Waals surface area contributed by atoms with Crippen LogP contribution in [0.3, 0.4) is 0 Å². The van der Waals surface area contributed by atoms with Crippen molar-refractivity contribution in [3.8, 4) is 0 Å². The van der Waals surface area contributed by atoms with Gasteiger partial charge in [-0.05, 0) is 38.1 Å². The molecule has 0 spiro atoms. The number of likely N-dealkylation sites (N-methyl/N-ethyl adjacent to an activating group) is 1. The molecule has 1 rings (SSSR count). The maximum absolute atomic E-state index is 10.8. The number of nitrogens with zero attached hydrogens (tertiary/aromatic N) is 2. The molecule has 3 heteroatoms. The summed E-state index contributed by atoms with van der Waals surface area (Å²) in [6.07, 6.45) is 3.95. The smallest absolute Gasteiger partial charge is 0.0778 e. The Morgan fingerprint density at radius 3 is 2.21 bits per heavy atom. The Balaban J connectivity index is 2.91. The van der Waals surface area contributed by atoms with Gasteiger partial charge in [-0.15, -0.1) is 0 Å². The summed E-state index contributed by atoms with van der Waals surface area (Å²) in [4.78, 5) is 6.72. The number of aliphatic hydroxyl groups is 1. The zero-order valence-corrected chi connectivity index (χ0v) is 12.8. The maximum Gasteiger partial charge on any atom is 0.0778 e. The van der Waals surface area contributed by atoms with E-state index in [1.807, 2.05) is 18.2 Å². The quantitative estimate of drug-likeness (QED) is 0.784. The minimum atomic E-state index is -0.378. The Morgan fingerprint density at radius 2 is 1.79 bits per heavy atom. The van der Waals surface area contributed by atoms with Crippen molar-refractivity contribution in [2.75, 3.05) is 13.1 Å². The molecule has 0 aliphatic heterocycles. The highest BCUT2D eigenvalue weighted by atomic mass is 16.3. The fourth-order valence-corrected chi connectivity index (χ4v) is 3.14. The molecule has 0 bridgehead atoms. The molecule has 0 amide bonds. The van der Waals surface area contributed by atoms with Gasteiger partial charge in [0.1, 0.15) is 0 Å². The lowest BCUT2D eigenvalue weighted by Crippen LogP contribution is -2.56. The number of pyridine rings is 1. The molecule has 0 saturated carbocycles. The van der Waals surface area contributed by atoms with Crippen LogP contribution in [0.15, 0.2) is 24.4 Å². The highest BCUT2D eigenvalue weighted by Crippen LogP contribution is 2.29. The van der Waals surface area contributed by atoms with E-state index >= 15 is 0 Å². The molecule has 1 atom stereocenters. The zero-order chi connectivity index (χ0) is 14.3. The van der Waals surface area contributed by atoms with E-state index in [0.717, 1.165) is 31.6 Å². The van der Waals surface area contributed by atoms with E-state index in [9.17, 15) is 5.11 Å². The molecule has 108 valence electrons. The first kappa shape index (κ1) is 16.1. The van der Waals surface area contributed by atoms with Crippen molar-refractivity contribution in [2.24, 2.45) is 0 Å². The first-order valence-electron chi connectivity index (χ1n) is 7.47. The van der Waals surface area contributed by atoms with E-state index in [1.165, 1.54) is 0 Å². The van der Waals surface area contributed by atoms with Gasteiger partial charge in [-0.1, -0.05) is 33.8 Å². The van der Waals surface area contributed by atoms with Crippen LogP contribution in [0.25, 0.3) is 0 Å². The number of hydrogen-bond acceptors (Lipinski definition) is 3. The van der Waals surface area contributed by atoms with Gasteiger partial charge in [0.05, 0.1) is 6.10 Å². The lowest BCUT2D eigenvalue weighted by atomic mass is 9.82. The second kappa shape index (κ2) is 7.61. The summed E-state index contributed by atoms with van der Waals surface area (Å²) >= 11 is 0. The Kier molecular flexibility index (Phi) is 6.46. The predicted octanol–water partition coefficient (Wildman–Crippen LogP) is 2.89. The van der Waals surface area contributed by atoms with Gasteiger partial charge in [0, 0.05) is 23.9 Å². The zero-order valence-electron chi connectivity index (χ0n) is 12.8. The molecule has 1 aromatic rings. The number of hydrogen-bond donors (Lipinski definition) is 1. The summed E-state index contributed by atoms with van der Waals surface area (Å²) in [6.45, 7) is 10.6. The van der Waals surface area contributed by atoms with E-state index in [0.29, 0.717) is 6.42 Å². The fraction of sp³-hybridized carbons (Fsp3) is 0.688. The van der Waals surface area contributed by atoms with Crippen molar-refractivity contribution in [2.45, 2.75) is 58.6 Å². The van der Waals surface area contributed by atoms with Gasteiger partial charge in [-0.2, -0.15) is 0 Å². The van der Waals surface area contributed by atoms with Crippen LogP contribution in [-0.4, -0.2) is 39.7 Å². The highest BCUT2D eigenvalue weighted by Gasteiger charge is 2.38. The van der Waals surface area contributed by atoms with Crippen LogP contribution < -0.4 is 0 Å². The normalized spacial score (nSPS) is 13.8. The lowest BCUT2D eigenvalue weighted by Gasteiger charge is -2.45. The van der Waals surface area contributed by atoms with Crippen LogP contribution in [0.4, 0.5) is 0 Å². The molecule has 3 nitrogen and oxygen atoms in total. The van der Waals surface area contributed by atoms with Gasteiger partial charge >= 0.3 is 0 Å². The lowest BCUT2D eigenvalue weighted by molar-refractivity contribution is -0.0345. The molecule has 0 radical (unpaired) electrons.